The van der Waals surface area contributed by atoms with E-state index in [1.165, 1.54) is 19.3 Å². The van der Waals surface area contributed by atoms with Crippen molar-refractivity contribution in [1.82, 2.24) is 5.48 Å². The molecule has 1 saturated carbocycles. The molecule has 0 radical (unpaired) electrons. The Morgan fingerprint density at radius 2 is 2.33 bits per heavy atom. The van der Waals surface area contributed by atoms with Crippen LogP contribution in [0.4, 0.5) is 0 Å². The van der Waals surface area contributed by atoms with Gasteiger partial charge in [0.1, 0.15) is 0 Å². The van der Waals surface area contributed by atoms with Crippen molar-refractivity contribution in [3.05, 3.63) is 0 Å². The second-order valence-corrected chi connectivity index (χ2v) is 2.83. The average Bonchev–Trinajstić information content (AvgIpc) is 1.78. The summed E-state index contributed by atoms with van der Waals surface area (Å²) in [4.78, 5) is 0. The van der Waals surface area contributed by atoms with Crippen LogP contribution in [0.25, 0.3) is 0 Å². The van der Waals surface area contributed by atoms with Gasteiger partial charge in [0.25, 0.3) is 0 Å². The van der Waals surface area contributed by atoms with Crippen LogP contribution in [0.15, 0.2) is 0 Å². The average molecular weight is 129 g/mol. The molecule has 54 valence electrons. The molecule has 2 N–H and O–H groups in total. The van der Waals surface area contributed by atoms with E-state index in [1.54, 1.807) is 0 Å². The lowest BCUT2D eigenvalue weighted by Crippen LogP contribution is -2.36. The minimum absolute atomic E-state index is 0.360. The maximum atomic E-state index is 8.61. The third-order valence-corrected chi connectivity index (χ3v) is 2.32. The zero-order chi connectivity index (χ0) is 6.69. The van der Waals surface area contributed by atoms with E-state index < -0.39 is 0 Å². The summed E-state index contributed by atoms with van der Waals surface area (Å²) in [7, 11) is 0. The molecule has 1 aliphatic rings. The lowest BCUT2D eigenvalue weighted by Gasteiger charge is -2.31. The Hall–Kier alpha value is -0.0800. The van der Waals surface area contributed by atoms with Crippen LogP contribution in [0.5, 0.6) is 0 Å². The number of hydroxylamine groups is 1. The fraction of sp³-hybridized carbons (Fsp3) is 1.00. The molecular formula is C7H15NO. The summed E-state index contributed by atoms with van der Waals surface area (Å²) in [6.45, 7) is 2.10. The number of nitrogens with one attached hydrogen (secondary N) is 1. The molecule has 1 fully saturated rings. The minimum atomic E-state index is 0.360. The molecule has 0 heterocycles. The van der Waals surface area contributed by atoms with Gasteiger partial charge in [-0.15, -0.1) is 0 Å². The zero-order valence-corrected chi connectivity index (χ0v) is 5.93. The van der Waals surface area contributed by atoms with Crippen molar-refractivity contribution in [2.24, 2.45) is 5.92 Å². The maximum Gasteiger partial charge on any atom is 0.0345 e. The maximum absolute atomic E-state index is 8.61. The Morgan fingerprint density at radius 3 is 2.44 bits per heavy atom. The lowest BCUT2D eigenvalue weighted by molar-refractivity contribution is 0.0691. The molecule has 1 aliphatic carbocycles. The summed E-state index contributed by atoms with van der Waals surface area (Å²) < 4.78 is 0. The highest BCUT2D eigenvalue weighted by Crippen LogP contribution is 2.30. The summed E-state index contributed by atoms with van der Waals surface area (Å²) in [6.07, 6.45) is 4.99. The zero-order valence-electron chi connectivity index (χ0n) is 5.93. The molecule has 0 amide bonds. The second-order valence-electron chi connectivity index (χ2n) is 2.83. The van der Waals surface area contributed by atoms with Crippen molar-refractivity contribution in [3.8, 4) is 0 Å². The smallest absolute Gasteiger partial charge is 0.0345 e. The monoisotopic (exact) mass is 129 g/mol. The van der Waals surface area contributed by atoms with E-state index in [0.717, 1.165) is 12.3 Å². The highest BCUT2D eigenvalue weighted by atomic mass is 16.5. The predicted molar refractivity (Wildman–Crippen MR) is 36.3 cm³/mol. The highest BCUT2D eigenvalue weighted by molar-refractivity contribution is 4.79. The minimum Gasteiger partial charge on any atom is -0.317 e. The third kappa shape index (κ3) is 1.43. The summed E-state index contributed by atoms with van der Waals surface area (Å²) in [5, 5.41) is 8.61. The van der Waals surface area contributed by atoms with Gasteiger partial charge >= 0.3 is 0 Å². The lowest BCUT2D eigenvalue weighted by atomic mass is 9.79. The molecule has 0 aliphatic heterocycles. The molecule has 0 aromatic rings. The van der Waals surface area contributed by atoms with Gasteiger partial charge in [0.2, 0.25) is 0 Å². The molecular weight excluding hydrogens is 114 g/mol. The molecule has 2 nitrogen and oxygen atoms in total. The van der Waals surface area contributed by atoms with Gasteiger partial charge in [-0.05, 0) is 25.2 Å². The SMILES string of the molecule is CCC(NO)C1CCC1. The van der Waals surface area contributed by atoms with Gasteiger partial charge in [-0.25, -0.2) is 5.48 Å². The van der Waals surface area contributed by atoms with Crippen molar-refractivity contribution in [2.75, 3.05) is 0 Å². The standard InChI is InChI=1S/C7H15NO/c1-2-7(8-9)6-4-3-5-6/h6-9H,2-5H2,1H3. The van der Waals surface area contributed by atoms with Gasteiger partial charge in [0.05, 0.1) is 0 Å². The number of rotatable bonds is 3. The quantitative estimate of drug-likeness (QED) is 0.566. The van der Waals surface area contributed by atoms with Gasteiger partial charge in [-0.3, -0.25) is 0 Å². The molecule has 1 atom stereocenters. The molecule has 0 spiro atoms. The van der Waals surface area contributed by atoms with Crippen LogP contribution < -0.4 is 5.48 Å². The van der Waals surface area contributed by atoms with Crippen LogP contribution in [0.2, 0.25) is 0 Å². The second kappa shape index (κ2) is 3.18. The first-order chi connectivity index (χ1) is 4.38. The van der Waals surface area contributed by atoms with Gasteiger partial charge in [0, 0.05) is 6.04 Å². The van der Waals surface area contributed by atoms with Crippen LogP contribution in [-0.4, -0.2) is 11.2 Å². The Bertz CT molecular complexity index is 77.0. The van der Waals surface area contributed by atoms with Crippen LogP contribution in [0.3, 0.4) is 0 Å². The van der Waals surface area contributed by atoms with Crippen LogP contribution in [0.1, 0.15) is 32.6 Å². The third-order valence-electron chi connectivity index (χ3n) is 2.32. The van der Waals surface area contributed by atoms with Gasteiger partial charge in [-0.1, -0.05) is 13.3 Å². The fourth-order valence-corrected chi connectivity index (χ4v) is 1.37. The van der Waals surface area contributed by atoms with Crippen molar-refractivity contribution >= 4 is 0 Å². The predicted octanol–water partition coefficient (Wildman–Crippen LogP) is 1.54. The molecule has 1 unspecified atom stereocenters. The van der Waals surface area contributed by atoms with E-state index in [0.29, 0.717) is 6.04 Å². The Labute approximate surface area is 56.2 Å². The normalized spacial score (nSPS) is 23.3. The van der Waals surface area contributed by atoms with Crippen LogP contribution in [-0.2, 0) is 0 Å². The van der Waals surface area contributed by atoms with Crippen molar-refractivity contribution in [1.29, 1.82) is 0 Å². The highest BCUT2D eigenvalue weighted by Gasteiger charge is 2.24. The van der Waals surface area contributed by atoms with E-state index in [1.807, 2.05) is 0 Å². The van der Waals surface area contributed by atoms with Gasteiger partial charge in [-0.2, -0.15) is 0 Å². The summed E-state index contributed by atoms with van der Waals surface area (Å²) in [5.41, 5.74) is 2.35. The Balaban J connectivity index is 2.19. The van der Waals surface area contributed by atoms with E-state index in [2.05, 4.69) is 12.4 Å². The number of hydrogen-bond acceptors (Lipinski definition) is 2. The van der Waals surface area contributed by atoms with Crippen molar-refractivity contribution < 1.29 is 5.21 Å². The van der Waals surface area contributed by atoms with Crippen molar-refractivity contribution in [2.45, 2.75) is 38.6 Å². The molecule has 9 heavy (non-hydrogen) atoms. The van der Waals surface area contributed by atoms with Crippen LogP contribution >= 0.6 is 0 Å². The summed E-state index contributed by atoms with van der Waals surface area (Å²) in [5.74, 6) is 0.750. The first-order valence-corrected chi connectivity index (χ1v) is 3.78. The molecule has 0 aromatic carbocycles. The van der Waals surface area contributed by atoms with Gasteiger partial charge in [0.15, 0.2) is 0 Å². The number of hydrogen-bond donors (Lipinski definition) is 2. The van der Waals surface area contributed by atoms with E-state index in [9.17, 15) is 0 Å². The summed E-state index contributed by atoms with van der Waals surface area (Å²) in [6, 6.07) is 0.360. The largest absolute Gasteiger partial charge is 0.317 e. The van der Waals surface area contributed by atoms with Crippen molar-refractivity contribution in [3.63, 3.8) is 0 Å². The molecule has 2 heteroatoms. The first kappa shape index (κ1) is 7.03. The first-order valence-electron chi connectivity index (χ1n) is 3.78. The topological polar surface area (TPSA) is 32.3 Å². The van der Waals surface area contributed by atoms with E-state index in [4.69, 9.17) is 5.21 Å². The van der Waals surface area contributed by atoms with E-state index in [-0.39, 0.29) is 0 Å². The van der Waals surface area contributed by atoms with Gasteiger partial charge < -0.3 is 5.21 Å². The molecule has 1 rings (SSSR count). The molecule has 0 saturated heterocycles. The Morgan fingerprint density at radius 1 is 1.67 bits per heavy atom. The van der Waals surface area contributed by atoms with Crippen LogP contribution in [0, 0.1) is 5.92 Å². The Kier molecular flexibility index (Phi) is 2.49. The van der Waals surface area contributed by atoms with E-state index >= 15 is 0 Å². The molecule has 0 bridgehead atoms. The molecule has 0 aromatic heterocycles. The fourth-order valence-electron chi connectivity index (χ4n) is 1.37. The summed E-state index contributed by atoms with van der Waals surface area (Å²) >= 11 is 0.